The first-order valence-corrected chi connectivity index (χ1v) is 4.48. The zero-order valence-corrected chi connectivity index (χ0v) is 7.51. The SMILES string of the molecule is CC(C)C(O)CC1(CN)CC1. The maximum absolute atomic E-state index is 9.58. The Balaban J connectivity index is 2.30. The molecule has 1 fully saturated rings. The van der Waals surface area contributed by atoms with Gasteiger partial charge in [0.05, 0.1) is 6.10 Å². The summed E-state index contributed by atoms with van der Waals surface area (Å²) in [5.41, 5.74) is 5.93. The van der Waals surface area contributed by atoms with E-state index in [-0.39, 0.29) is 6.10 Å². The average molecular weight is 157 g/mol. The van der Waals surface area contributed by atoms with Crippen molar-refractivity contribution in [2.24, 2.45) is 17.1 Å². The van der Waals surface area contributed by atoms with Gasteiger partial charge in [-0.25, -0.2) is 0 Å². The summed E-state index contributed by atoms with van der Waals surface area (Å²) in [4.78, 5) is 0. The molecule has 0 radical (unpaired) electrons. The van der Waals surface area contributed by atoms with Gasteiger partial charge in [0.15, 0.2) is 0 Å². The summed E-state index contributed by atoms with van der Waals surface area (Å²) in [5.74, 6) is 0.374. The zero-order valence-electron chi connectivity index (χ0n) is 7.51. The third kappa shape index (κ3) is 2.17. The lowest BCUT2D eigenvalue weighted by molar-refractivity contribution is 0.0934. The monoisotopic (exact) mass is 157 g/mol. The van der Waals surface area contributed by atoms with Crippen LogP contribution < -0.4 is 5.73 Å². The minimum absolute atomic E-state index is 0.152. The van der Waals surface area contributed by atoms with E-state index in [1.54, 1.807) is 0 Å². The lowest BCUT2D eigenvalue weighted by atomic mass is 9.93. The van der Waals surface area contributed by atoms with Crippen molar-refractivity contribution in [3.8, 4) is 0 Å². The summed E-state index contributed by atoms with van der Waals surface area (Å²) in [7, 11) is 0. The van der Waals surface area contributed by atoms with Gasteiger partial charge in [-0.2, -0.15) is 0 Å². The average Bonchev–Trinajstić information content (AvgIpc) is 2.69. The fraction of sp³-hybridized carbons (Fsp3) is 1.00. The fourth-order valence-corrected chi connectivity index (χ4v) is 1.35. The van der Waals surface area contributed by atoms with E-state index in [9.17, 15) is 5.11 Å². The highest BCUT2D eigenvalue weighted by molar-refractivity contribution is 4.95. The molecule has 3 N–H and O–H groups in total. The Morgan fingerprint density at radius 1 is 1.45 bits per heavy atom. The highest BCUT2D eigenvalue weighted by atomic mass is 16.3. The van der Waals surface area contributed by atoms with E-state index in [1.165, 1.54) is 12.8 Å². The maximum Gasteiger partial charge on any atom is 0.0568 e. The standard InChI is InChI=1S/C9H19NO/c1-7(2)8(11)5-9(6-10)3-4-9/h7-8,11H,3-6,10H2,1-2H3. The molecule has 66 valence electrons. The molecule has 0 bridgehead atoms. The van der Waals surface area contributed by atoms with E-state index >= 15 is 0 Å². The van der Waals surface area contributed by atoms with E-state index in [2.05, 4.69) is 13.8 Å². The van der Waals surface area contributed by atoms with Crippen LogP contribution in [0.15, 0.2) is 0 Å². The molecule has 0 saturated heterocycles. The number of hydrogen-bond donors (Lipinski definition) is 2. The third-order valence-electron chi connectivity index (χ3n) is 2.80. The molecule has 2 nitrogen and oxygen atoms in total. The second kappa shape index (κ2) is 3.11. The quantitative estimate of drug-likeness (QED) is 0.642. The molecule has 0 aliphatic heterocycles. The van der Waals surface area contributed by atoms with Crippen molar-refractivity contribution in [2.75, 3.05) is 6.54 Å². The minimum atomic E-state index is -0.152. The minimum Gasteiger partial charge on any atom is -0.393 e. The molecule has 2 heteroatoms. The molecule has 0 heterocycles. The van der Waals surface area contributed by atoms with E-state index in [4.69, 9.17) is 5.73 Å². The second-order valence-corrected chi connectivity index (χ2v) is 4.22. The Morgan fingerprint density at radius 2 is 2.00 bits per heavy atom. The predicted molar refractivity (Wildman–Crippen MR) is 46.2 cm³/mol. The van der Waals surface area contributed by atoms with Crippen LogP contribution in [-0.4, -0.2) is 17.8 Å². The lowest BCUT2D eigenvalue weighted by Gasteiger charge is -2.20. The van der Waals surface area contributed by atoms with Crippen molar-refractivity contribution >= 4 is 0 Å². The van der Waals surface area contributed by atoms with Crippen molar-refractivity contribution < 1.29 is 5.11 Å². The summed E-state index contributed by atoms with van der Waals surface area (Å²) in [6, 6.07) is 0. The number of rotatable bonds is 4. The molecular weight excluding hydrogens is 138 g/mol. The molecule has 1 unspecified atom stereocenters. The molecule has 0 aromatic rings. The Hall–Kier alpha value is -0.0800. The molecule has 0 aromatic heterocycles. The van der Waals surface area contributed by atoms with Crippen LogP contribution in [-0.2, 0) is 0 Å². The summed E-state index contributed by atoms with van der Waals surface area (Å²) < 4.78 is 0. The van der Waals surface area contributed by atoms with Crippen LogP contribution in [0.3, 0.4) is 0 Å². The summed E-state index contributed by atoms with van der Waals surface area (Å²) in [6.07, 6.45) is 3.18. The van der Waals surface area contributed by atoms with Crippen molar-refractivity contribution in [3.63, 3.8) is 0 Å². The van der Waals surface area contributed by atoms with Gasteiger partial charge in [0.25, 0.3) is 0 Å². The molecule has 1 atom stereocenters. The Morgan fingerprint density at radius 3 is 2.27 bits per heavy atom. The van der Waals surface area contributed by atoms with Crippen molar-refractivity contribution in [2.45, 2.75) is 39.2 Å². The fourth-order valence-electron chi connectivity index (χ4n) is 1.35. The van der Waals surface area contributed by atoms with Crippen LogP contribution in [0.5, 0.6) is 0 Å². The van der Waals surface area contributed by atoms with Gasteiger partial charge in [0, 0.05) is 0 Å². The first-order valence-electron chi connectivity index (χ1n) is 4.48. The molecule has 1 rings (SSSR count). The highest BCUT2D eigenvalue weighted by Gasteiger charge is 2.42. The van der Waals surface area contributed by atoms with Gasteiger partial charge in [0.1, 0.15) is 0 Å². The first-order chi connectivity index (χ1) is 5.09. The van der Waals surface area contributed by atoms with Crippen molar-refractivity contribution in [1.82, 2.24) is 0 Å². The normalized spacial score (nSPS) is 23.7. The summed E-state index contributed by atoms with van der Waals surface area (Å²) in [6.45, 7) is 4.85. The molecule has 1 saturated carbocycles. The molecular formula is C9H19NO. The zero-order chi connectivity index (χ0) is 8.48. The molecule has 11 heavy (non-hydrogen) atoms. The number of hydrogen-bond acceptors (Lipinski definition) is 2. The van der Waals surface area contributed by atoms with Crippen LogP contribution in [0.4, 0.5) is 0 Å². The van der Waals surface area contributed by atoms with Crippen LogP contribution in [0.1, 0.15) is 33.1 Å². The van der Waals surface area contributed by atoms with E-state index < -0.39 is 0 Å². The van der Waals surface area contributed by atoms with Crippen LogP contribution in [0, 0.1) is 11.3 Å². The Bertz CT molecular complexity index is 130. The van der Waals surface area contributed by atoms with Crippen molar-refractivity contribution in [1.29, 1.82) is 0 Å². The number of nitrogens with two attached hydrogens (primary N) is 1. The van der Waals surface area contributed by atoms with Crippen LogP contribution in [0.2, 0.25) is 0 Å². The molecule has 0 amide bonds. The van der Waals surface area contributed by atoms with Gasteiger partial charge in [-0.3, -0.25) is 0 Å². The molecule has 0 aromatic carbocycles. The van der Waals surface area contributed by atoms with Crippen molar-refractivity contribution in [3.05, 3.63) is 0 Å². The summed E-state index contributed by atoms with van der Waals surface area (Å²) in [5, 5.41) is 9.58. The van der Waals surface area contributed by atoms with E-state index in [0.29, 0.717) is 11.3 Å². The number of aliphatic hydroxyl groups is 1. The van der Waals surface area contributed by atoms with Gasteiger partial charge < -0.3 is 10.8 Å². The number of aliphatic hydroxyl groups excluding tert-OH is 1. The van der Waals surface area contributed by atoms with Crippen LogP contribution in [0.25, 0.3) is 0 Å². The van der Waals surface area contributed by atoms with Gasteiger partial charge in [-0.15, -0.1) is 0 Å². The largest absolute Gasteiger partial charge is 0.393 e. The predicted octanol–water partition coefficient (Wildman–Crippen LogP) is 1.13. The maximum atomic E-state index is 9.58. The molecule has 1 aliphatic carbocycles. The first kappa shape index (κ1) is 9.01. The lowest BCUT2D eigenvalue weighted by Crippen LogP contribution is -2.25. The third-order valence-corrected chi connectivity index (χ3v) is 2.80. The van der Waals surface area contributed by atoms with Gasteiger partial charge in [0.2, 0.25) is 0 Å². The van der Waals surface area contributed by atoms with E-state index in [0.717, 1.165) is 13.0 Å². The topological polar surface area (TPSA) is 46.2 Å². The Kier molecular flexibility index (Phi) is 2.55. The summed E-state index contributed by atoms with van der Waals surface area (Å²) >= 11 is 0. The van der Waals surface area contributed by atoms with Crippen LogP contribution >= 0.6 is 0 Å². The second-order valence-electron chi connectivity index (χ2n) is 4.22. The van der Waals surface area contributed by atoms with Gasteiger partial charge in [-0.1, -0.05) is 13.8 Å². The molecule has 0 spiro atoms. The van der Waals surface area contributed by atoms with Gasteiger partial charge in [-0.05, 0) is 37.1 Å². The Labute approximate surface area is 68.8 Å². The van der Waals surface area contributed by atoms with Gasteiger partial charge >= 0.3 is 0 Å². The molecule has 1 aliphatic rings. The van der Waals surface area contributed by atoms with E-state index in [1.807, 2.05) is 0 Å². The smallest absolute Gasteiger partial charge is 0.0568 e. The highest BCUT2D eigenvalue weighted by Crippen LogP contribution is 2.49.